The van der Waals surface area contributed by atoms with Gasteiger partial charge < -0.3 is 5.32 Å². The molecule has 1 saturated heterocycles. The van der Waals surface area contributed by atoms with Gasteiger partial charge in [-0.2, -0.15) is 11.8 Å². The molecule has 1 aliphatic heterocycles. The third kappa shape index (κ3) is 2.61. The molecule has 0 aliphatic carbocycles. The molecule has 2 unspecified atom stereocenters. The summed E-state index contributed by atoms with van der Waals surface area (Å²) in [5, 5.41) is 5.65. The van der Waals surface area contributed by atoms with Gasteiger partial charge in [0, 0.05) is 16.3 Å². The molecule has 0 spiro atoms. The first-order chi connectivity index (χ1) is 7.58. The minimum Gasteiger partial charge on any atom is -0.380 e. The summed E-state index contributed by atoms with van der Waals surface area (Å²) in [7, 11) is 0. The molecule has 1 aromatic rings. The number of hydrogen-bond donors (Lipinski definition) is 1. The third-order valence-corrected chi connectivity index (χ3v) is 5.01. The maximum absolute atomic E-state index is 6.20. The Hall–Kier alpha value is -0.0500. The normalized spacial score (nSPS) is 24.8. The Morgan fingerprint density at radius 3 is 2.69 bits per heavy atom. The van der Waals surface area contributed by atoms with E-state index in [0.717, 1.165) is 21.3 Å². The average Bonchev–Trinajstić information content (AvgIpc) is 2.61. The summed E-state index contributed by atoms with van der Waals surface area (Å²) in [6.45, 7) is 4.21. The molecule has 0 aromatic heterocycles. The lowest BCUT2D eigenvalue weighted by molar-refractivity contribution is 0.724. The Bertz CT molecular complexity index is 395. The predicted octanol–water partition coefficient (Wildman–Crippen LogP) is 4.61. The van der Waals surface area contributed by atoms with E-state index < -0.39 is 0 Å². The van der Waals surface area contributed by atoms with Gasteiger partial charge in [-0.15, -0.1) is 0 Å². The Balaban J connectivity index is 2.18. The molecule has 0 saturated carbocycles. The molecule has 1 N–H and O–H groups in total. The van der Waals surface area contributed by atoms with E-state index in [0.29, 0.717) is 11.3 Å². The maximum atomic E-state index is 6.20. The fraction of sp³-hybridized carbons (Fsp3) is 0.500. The Kier molecular flexibility index (Phi) is 3.93. The SMILES string of the molecule is Cc1cc(Cl)c(NC2CCSC2C)cc1Cl. The first-order valence-electron chi connectivity index (χ1n) is 5.41. The zero-order valence-electron chi connectivity index (χ0n) is 9.39. The highest BCUT2D eigenvalue weighted by Gasteiger charge is 2.24. The van der Waals surface area contributed by atoms with E-state index in [2.05, 4.69) is 12.2 Å². The minimum absolute atomic E-state index is 0.501. The van der Waals surface area contributed by atoms with Crippen molar-refractivity contribution in [3.8, 4) is 0 Å². The summed E-state index contributed by atoms with van der Waals surface area (Å²) in [5.41, 5.74) is 1.97. The first-order valence-corrected chi connectivity index (χ1v) is 7.22. The highest BCUT2D eigenvalue weighted by molar-refractivity contribution is 8.00. The molecular weight excluding hydrogens is 261 g/mol. The van der Waals surface area contributed by atoms with Crippen LogP contribution in [0.2, 0.25) is 10.0 Å². The van der Waals surface area contributed by atoms with Crippen molar-refractivity contribution < 1.29 is 0 Å². The average molecular weight is 276 g/mol. The molecular formula is C12H15Cl2NS. The maximum Gasteiger partial charge on any atom is 0.0641 e. The van der Waals surface area contributed by atoms with Gasteiger partial charge >= 0.3 is 0 Å². The number of halogens is 2. The van der Waals surface area contributed by atoms with Gasteiger partial charge in [0.1, 0.15) is 0 Å². The van der Waals surface area contributed by atoms with Crippen LogP contribution >= 0.6 is 35.0 Å². The third-order valence-electron chi connectivity index (χ3n) is 2.97. The van der Waals surface area contributed by atoms with Crippen LogP contribution in [0.4, 0.5) is 5.69 Å². The van der Waals surface area contributed by atoms with Crippen LogP contribution in [0.1, 0.15) is 18.9 Å². The molecule has 1 heterocycles. The summed E-state index contributed by atoms with van der Waals surface area (Å²) in [5.74, 6) is 1.22. The van der Waals surface area contributed by atoms with Gasteiger partial charge in [0.25, 0.3) is 0 Å². The second-order valence-corrected chi connectivity index (χ2v) is 6.50. The molecule has 16 heavy (non-hydrogen) atoms. The fourth-order valence-electron chi connectivity index (χ4n) is 1.88. The number of benzene rings is 1. The van der Waals surface area contributed by atoms with Crippen LogP contribution in [-0.4, -0.2) is 17.0 Å². The number of hydrogen-bond acceptors (Lipinski definition) is 2. The van der Waals surface area contributed by atoms with Crippen LogP contribution in [0.15, 0.2) is 12.1 Å². The fourth-order valence-corrected chi connectivity index (χ4v) is 3.51. The Labute approximate surface area is 111 Å². The van der Waals surface area contributed by atoms with Crippen LogP contribution in [0.3, 0.4) is 0 Å². The second kappa shape index (κ2) is 5.07. The van der Waals surface area contributed by atoms with E-state index in [1.165, 1.54) is 12.2 Å². The molecule has 2 atom stereocenters. The summed E-state index contributed by atoms with van der Waals surface area (Å²) in [6, 6.07) is 4.34. The number of thioether (sulfide) groups is 1. The van der Waals surface area contributed by atoms with Gasteiger partial charge in [0.2, 0.25) is 0 Å². The smallest absolute Gasteiger partial charge is 0.0641 e. The lowest BCUT2D eigenvalue weighted by Crippen LogP contribution is -2.24. The summed E-state index contributed by atoms with van der Waals surface area (Å²) >= 11 is 14.3. The first kappa shape index (κ1) is 12.4. The van der Waals surface area contributed by atoms with Crippen LogP contribution in [0.25, 0.3) is 0 Å². The molecule has 88 valence electrons. The van der Waals surface area contributed by atoms with E-state index >= 15 is 0 Å². The van der Waals surface area contributed by atoms with Crippen molar-refractivity contribution in [2.75, 3.05) is 11.1 Å². The summed E-state index contributed by atoms with van der Waals surface area (Å²) in [6.07, 6.45) is 1.19. The van der Waals surface area contributed by atoms with Crippen molar-refractivity contribution in [2.24, 2.45) is 0 Å². The monoisotopic (exact) mass is 275 g/mol. The zero-order valence-corrected chi connectivity index (χ0v) is 11.7. The molecule has 0 amide bonds. The van der Waals surface area contributed by atoms with E-state index in [9.17, 15) is 0 Å². The summed E-state index contributed by atoms with van der Waals surface area (Å²) < 4.78 is 0. The topological polar surface area (TPSA) is 12.0 Å². The van der Waals surface area contributed by atoms with Crippen molar-refractivity contribution in [1.82, 2.24) is 0 Å². The Morgan fingerprint density at radius 2 is 2.06 bits per heavy atom. The van der Waals surface area contributed by atoms with Gasteiger partial charge in [0.05, 0.1) is 10.7 Å². The van der Waals surface area contributed by atoms with E-state index in [-0.39, 0.29) is 0 Å². The highest BCUT2D eigenvalue weighted by atomic mass is 35.5. The molecule has 1 aliphatic rings. The van der Waals surface area contributed by atoms with Crippen molar-refractivity contribution in [3.63, 3.8) is 0 Å². The van der Waals surface area contributed by atoms with Gasteiger partial charge in [-0.3, -0.25) is 0 Å². The lowest BCUT2D eigenvalue weighted by Gasteiger charge is -2.19. The molecule has 4 heteroatoms. The standard InChI is InChI=1S/C12H15Cl2NS/c1-7-5-10(14)12(6-9(7)13)15-11-3-4-16-8(11)2/h5-6,8,11,15H,3-4H2,1-2H3. The number of rotatable bonds is 2. The van der Waals surface area contributed by atoms with Gasteiger partial charge in [-0.25, -0.2) is 0 Å². The number of anilines is 1. The molecule has 1 nitrogen and oxygen atoms in total. The van der Waals surface area contributed by atoms with Gasteiger partial charge in [-0.05, 0) is 36.8 Å². The van der Waals surface area contributed by atoms with Crippen LogP contribution in [0, 0.1) is 6.92 Å². The predicted molar refractivity (Wildman–Crippen MR) is 75.1 cm³/mol. The largest absolute Gasteiger partial charge is 0.380 e. The molecule has 2 rings (SSSR count). The van der Waals surface area contributed by atoms with Crippen molar-refractivity contribution in [3.05, 3.63) is 27.7 Å². The molecule has 1 aromatic carbocycles. The second-order valence-electron chi connectivity index (χ2n) is 4.20. The number of nitrogens with one attached hydrogen (secondary N) is 1. The van der Waals surface area contributed by atoms with Crippen LogP contribution < -0.4 is 5.32 Å². The van der Waals surface area contributed by atoms with Crippen LogP contribution in [-0.2, 0) is 0 Å². The quantitative estimate of drug-likeness (QED) is 0.846. The molecule has 0 bridgehead atoms. The summed E-state index contributed by atoms with van der Waals surface area (Å²) in [4.78, 5) is 0. The zero-order chi connectivity index (χ0) is 11.7. The van der Waals surface area contributed by atoms with E-state index in [1.54, 1.807) is 0 Å². The Morgan fingerprint density at radius 1 is 1.31 bits per heavy atom. The van der Waals surface area contributed by atoms with Gasteiger partial charge in [-0.1, -0.05) is 30.1 Å². The van der Waals surface area contributed by atoms with E-state index in [1.807, 2.05) is 30.8 Å². The minimum atomic E-state index is 0.501. The van der Waals surface area contributed by atoms with Crippen LogP contribution in [0.5, 0.6) is 0 Å². The highest BCUT2D eigenvalue weighted by Crippen LogP contribution is 2.33. The van der Waals surface area contributed by atoms with Crippen molar-refractivity contribution >= 4 is 40.7 Å². The lowest BCUT2D eigenvalue weighted by atomic mass is 10.1. The molecule has 1 fully saturated rings. The molecule has 0 radical (unpaired) electrons. The van der Waals surface area contributed by atoms with Crippen molar-refractivity contribution in [2.45, 2.75) is 31.6 Å². The van der Waals surface area contributed by atoms with E-state index in [4.69, 9.17) is 23.2 Å². The van der Waals surface area contributed by atoms with Gasteiger partial charge in [0.15, 0.2) is 0 Å². The van der Waals surface area contributed by atoms with Crippen molar-refractivity contribution in [1.29, 1.82) is 0 Å². The number of aryl methyl sites for hydroxylation is 1.